The smallest absolute Gasteiger partial charge is 0.0887 e. The van der Waals surface area contributed by atoms with Gasteiger partial charge in [0.2, 0.25) is 0 Å². The molecule has 10 unspecified atom stereocenters. The molecule has 136 valence electrons. The van der Waals surface area contributed by atoms with Gasteiger partial charge in [0.05, 0.1) is 35.8 Å². The fraction of sp³-hybridized carbons (Fsp3) is 0.773. The predicted molar refractivity (Wildman–Crippen MR) is 91.9 cm³/mol. The van der Waals surface area contributed by atoms with Gasteiger partial charge in [-0.1, -0.05) is 6.07 Å². The molecule has 1 aromatic heterocycles. The Labute approximate surface area is 153 Å². The number of rotatable bonds is 0. The molecule has 2 saturated heterocycles. The molecule has 1 aromatic rings. The van der Waals surface area contributed by atoms with Gasteiger partial charge < -0.3 is 14.2 Å². The Kier molecular flexibility index (Phi) is 2.28. The minimum absolute atomic E-state index is 0.159. The Bertz CT molecular complexity index is 762. The van der Waals surface area contributed by atoms with E-state index >= 15 is 0 Å². The van der Waals surface area contributed by atoms with Gasteiger partial charge in [-0.05, 0) is 65.9 Å². The third-order valence-electron chi connectivity index (χ3n) is 9.78. The van der Waals surface area contributed by atoms with Crippen LogP contribution in [-0.2, 0) is 27.4 Å². The molecule has 7 fully saturated rings. The summed E-state index contributed by atoms with van der Waals surface area (Å²) in [7, 11) is 0. The van der Waals surface area contributed by atoms with Crippen molar-refractivity contribution in [3.05, 3.63) is 29.6 Å². The summed E-state index contributed by atoms with van der Waals surface area (Å²) in [5, 5.41) is 0. The van der Waals surface area contributed by atoms with Crippen molar-refractivity contribution in [2.24, 2.45) is 47.3 Å². The molecule has 5 saturated carbocycles. The summed E-state index contributed by atoms with van der Waals surface area (Å²) >= 11 is 0. The normalized spacial score (nSPS) is 59.8. The summed E-state index contributed by atoms with van der Waals surface area (Å²) in [6, 6.07) is 6.19. The highest BCUT2D eigenvalue weighted by atomic mass is 16.6. The van der Waals surface area contributed by atoms with Gasteiger partial charge in [0.15, 0.2) is 0 Å². The minimum atomic E-state index is 0.159. The first-order valence-electron chi connectivity index (χ1n) is 10.6. The summed E-state index contributed by atoms with van der Waals surface area (Å²) in [5.41, 5.74) is 2.35. The third kappa shape index (κ3) is 1.24. The number of hydrogen-bond donors (Lipinski definition) is 0. The van der Waals surface area contributed by atoms with Crippen LogP contribution in [0.2, 0.25) is 0 Å². The Hall–Kier alpha value is -0.970. The lowest BCUT2D eigenvalue weighted by atomic mass is 9.54. The van der Waals surface area contributed by atoms with Gasteiger partial charge in [-0.15, -0.1) is 0 Å². The van der Waals surface area contributed by atoms with E-state index in [0.717, 1.165) is 84.8 Å². The molecule has 4 heterocycles. The van der Waals surface area contributed by atoms with Crippen LogP contribution in [0.5, 0.6) is 0 Å². The van der Waals surface area contributed by atoms with Gasteiger partial charge in [0.1, 0.15) is 0 Å². The van der Waals surface area contributed by atoms with Crippen molar-refractivity contribution in [2.45, 2.75) is 43.7 Å². The standard InChI is InChI=1S/C22H25NO3/c1-2-11-9-24-6-4-21-17-13-8-14-16-15(13)19(21)20(16)22(26-21,18(14)17)5-7-25-10-12(3-1)23-11/h1-3,13-20H,4-10H2. The Morgan fingerprint density at radius 2 is 1.38 bits per heavy atom. The summed E-state index contributed by atoms with van der Waals surface area (Å²) in [4.78, 5) is 4.69. The van der Waals surface area contributed by atoms with Crippen LogP contribution in [0.4, 0.5) is 0 Å². The lowest BCUT2D eigenvalue weighted by Gasteiger charge is -2.48. The molecule has 2 spiro atoms. The molecule has 10 atom stereocenters. The molecule has 5 aliphatic carbocycles. The molecular formula is C22H25NO3. The van der Waals surface area contributed by atoms with Crippen molar-refractivity contribution in [1.29, 1.82) is 0 Å². The van der Waals surface area contributed by atoms with E-state index in [9.17, 15) is 0 Å². The monoisotopic (exact) mass is 351 g/mol. The number of fused-ring (bicyclic) bond motifs is 2. The zero-order chi connectivity index (χ0) is 16.7. The summed E-state index contributed by atoms with van der Waals surface area (Å²) in [6.07, 6.45) is 3.72. The third-order valence-corrected chi connectivity index (χ3v) is 9.78. The van der Waals surface area contributed by atoms with Crippen LogP contribution in [-0.4, -0.2) is 29.4 Å². The second kappa shape index (κ2) is 4.21. The van der Waals surface area contributed by atoms with E-state index in [1.165, 1.54) is 6.42 Å². The van der Waals surface area contributed by atoms with E-state index in [1.54, 1.807) is 0 Å². The zero-order valence-electron chi connectivity index (χ0n) is 15.0. The van der Waals surface area contributed by atoms with E-state index in [-0.39, 0.29) is 11.2 Å². The zero-order valence-corrected chi connectivity index (χ0v) is 15.0. The summed E-state index contributed by atoms with van der Waals surface area (Å²) < 4.78 is 19.4. The van der Waals surface area contributed by atoms with E-state index < -0.39 is 0 Å². The van der Waals surface area contributed by atoms with Crippen molar-refractivity contribution < 1.29 is 14.2 Å². The van der Waals surface area contributed by atoms with Crippen LogP contribution < -0.4 is 0 Å². The van der Waals surface area contributed by atoms with Crippen molar-refractivity contribution in [3.63, 3.8) is 0 Å². The SMILES string of the molecule is c1cc2nc(c1)COCCC13OC4(CCOC2)C2C5CC(C6C5C4C61)C23. The van der Waals surface area contributed by atoms with Gasteiger partial charge in [-0.3, -0.25) is 4.98 Å². The van der Waals surface area contributed by atoms with Crippen LogP contribution in [0.3, 0.4) is 0 Å². The average molecular weight is 351 g/mol. The minimum Gasteiger partial charge on any atom is -0.375 e. The second-order valence-electron chi connectivity index (χ2n) is 10.1. The molecule has 26 heavy (non-hydrogen) atoms. The lowest BCUT2D eigenvalue weighted by Crippen LogP contribution is -2.52. The second-order valence-corrected chi connectivity index (χ2v) is 10.1. The quantitative estimate of drug-likeness (QED) is 0.721. The van der Waals surface area contributed by atoms with Gasteiger partial charge >= 0.3 is 0 Å². The molecule has 0 N–H and O–H groups in total. The van der Waals surface area contributed by atoms with Crippen molar-refractivity contribution in [1.82, 2.24) is 4.98 Å². The maximum absolute atomic E-state index is 7.16. The number of pyridine rings is 1. The highest BCUT2D eigenvalue weighted by Crippen LogP contribution is 2.93. The number of hydrogen-bond acceptors (Lipinski definition) is 4. The predicted octanol–water partition coefficient (Wildman–Crippen LogP) is 2.80. The molecule has 6 bridgehead atoms. The molecule has 0 amide bonds. The van der Waals surface area contributed by atoms with E-state index in [0.29, 0.717) is 13.2 Å². The van der Waals surface area contributed by atoms with Gasteiger partial charge in [-0.25, -0.2) is 0 Å². The molecular weight excluding hydrogens is 326 g/mol. The fourth-order valence-corrected chi connectivity index (χ4v) is 9.79. The molecule has 3 aliphatic heterocycles. The lowest BCUT2D eigenvalue weighted by molar-refractivity contribution is -0.0978. The van der Waals surface area contributed by atoms with Crippen molar-refractivity contribution in [3.8, 4) is 0 Å². The topological polar surface area (TPSA) is 40.6 Å². The fourth-order valence-electron chi connectivity index (χ4n) is 9.79. The van der Waals surface area contributed by atoms with Crippen LogP contribution in [0.1, 0.15) is 30.7 Å². The Morgan fingerprint density at radius 3 is 1.96 bits per heavy atom. The first kappa shape index (κ1) is 14.1. The number of aromatic nitrogens is 1. The van der Waals surface area contributed by atoms with Crippen molar-refractivity contribution in [2.75, 3.05) is 13.2 Å². The molecule has 9 rings (SSSR count). The van der Waals surface area contributed by atoms with Crippen LogP contribution >= 0.6 is 0 Å². The van der Waals surface area contributed by atoms with Crippen molar-refractivity contribution >= 4 is 0 Å². The maximum atomic E-state index is 7.16. The van der Waals surface area contributed by atoms with E-state index in [2.05, 4.69) is 18.2 Å². The van der Waals surface area contributed by atoms with Crippen LogP contribution in [0.25, 0.3) is 0 Å². The Balaban J connectivity index is 1.18. The first-order valence-corrected chi connectivity index (χ1v) is 10.6. The van der Waals surface area contributed by atoms with Gasteiger partial charge in [-0.2, -0.15) is 0 Å². The molecule has 4 nitrogen and oxygen atoms in total. The van der Waals surface area contributed by atoms with Crippen LogP contribution in [0, 0.1) is 47.3 Å². The highest BCUT2D eigenvalue weighted by molar-refractivity contribution is 5.43. The Morgan fingerprint density at radius 1 is 0.808 bits per heavy atom. The van der Waals surface area contributed by atoms with Gasteiger partial charge in [0, 0.05) is 26.1 Å². The van der Waals surface area contributed by atoms with Crippen LogP contribution in [0.15, 0.2) is 18.2 Å². The number of ether oxygens (including phenoxy) is 3. The molecule has 0 radical (unpaired) electrons. The largest absolute Gasteiger partial charge is 0.375 e. The summed E-state index contributed by atoms with van der Waals surface area (Å²) in [6.45, 7) is 2.85. The first-order chi connectivity index (χ1) is 12.8. The van der Waals surface area contributed by atoms with E-state index in [1.807, 2.05) is 0 Å². The van der Waals surface area contributed by atoms with E-state index in [4.69, 9.17) is 19.2 Å². The average Bonchev–Trinajstić information content (AvgIpc) is 3.28. The molecule has 4 heteroatoms. The molecule has 8 aliphatic rings. The summed E-state index contributed by atoms with van der Waals surface area (Å²) in [5.74, 6) is 7.34. The number of nitrogens with zero attached hydrogens (tertiary/aromatic N) is 1. The van der Waals surface area contributed by atoms with Gasteiger partial charge in [0.25, 0.3) is 0 Å². The molecule has 0 aromatic carbocycles. The maximum Gasteiger partial charge on any atom is 0.0887 e. The highest BCUT2D eigenvalue weighted by Gasteiger charge is 2.96.